The Kier molecular flexibility index (Phi) is 4.95. The van der Waals surface area contributed by atoms with Gasteiger partial charge in [0.1, 0.15) is 22.2 Å². The van der Waals surface area contributed by atoms with Crippen LogP contribution in [-0.2, 0) is 11.3 Å². The van der Waals surface area contributed by atoms with Gasteiger partial charge in [-0.05, 0) is 19.4 Å². The zero-order chi connectivity index (χ0) is 16.4. The van der Waals surface area contributed by atoms with Gasteiger partial charge in [-0.25, -0.2) is 14.2 Å². The summed E-state index contributed by atoms with van der Waals surface area (Å²) in [5, 5.41) is 0.380. The third-order valence-electron chi connectivity index (χ3n) is 3.37. The Morgan fingerprint density at radius 1 is 1.45 bits per heavy atom. The highest BCUT2D eigenvalue weighted by atomic mass is 32.1. The van der Waals surface area contributed by atoms with E-state index < -0.39 is 12.6 Å². The molecule has 0 aromatic carbocycles. The Balaban J connectivity index is 2.75. The molecule has 0 aliphatic heterocycles. The van der Waals surface area contributed by atoms with Gasteiger partial charge in [0.2, 0.25) is 0 Å². The lowest BCUT2D eigenvalue weighted by Crippen LogP contribution is -2.26. The molecular formula is C15H19FN2O3S. The lowest BCUT2D eigenvalue weighted by Gasteiger charge is -2.13. The molecule has 120 valence electrons. The quantitative estimate of drug-likeness (QED) is 0.792. The fourth-order valence-corrected chi connectivity index (χ4v) is 3.44. The van der Waals surface area contributed by atoms with Crippen LogP contribution in [0, 0.1) is 6.92 Å². The highest BCUT2D eigenvalue weighted by Crippen LogP contribution is 2.29. The van der Waals surface area contributed by atoms with E-state index in [1.165, 1.54) is 4.57 Å². The average molecular weight is 326 g/mol. The molecule has 7 heteroatoms. The van der Waals surface area contributed by atoms with Gasteiger partial charge in [-0.15, -0.1) is 11.3 Å². The molecule has 5 nitrogen and oxygen atoms in total. The topological polar surface area (TPSA) is 61.2 Å². The van der Waals surface area contributed by atoms with E-state index in [1.54, 1.807) is 13.8 Å². The van der Waals surface area contributed by atoms with Gasteiger partial charge in [-0.3, -0.25) is 9.36 Å². The summed E-state index contributed by atoms with van der Waals surface area (Å²) in [4.78, 5) is 30.0. The lowest BCUT2D eigenvalue weighted by molar-refractivity contribution is 0.0531. The molecule has 0 saturated carbocycles. The summed E-state index contributed by atoms with van der Waals surface area (Å²) in [7, 11) is 0. The van der Waals surface area contributed by atoms with Crippen molar-refractivity contribution >= 4 is 27.5 Å². The van der Waals surface area contributed by atoms with Crippen molar-refractivity contribution in [1.29, 1.82) is 0 Å². The number of aryl methyl sites for hydroxylation is 1. The van der Waals surface area contributed by atoms with E-state index >= 15 is 0 Å². The first-order chi connectivity index (χ1) is 10.4. The molecule has 2 aromatic heterocycles. The van der Waals surface area contributed by atoms with Crippen LogP contribution in [0.1, 0.15) is 47.7 Å². The van der Waals surface area contributed by atoms with Crippen LogP contribution in [-0.4, -0.2) is 28.8 Å². The lowest BCUT2D eigenvalue weighted by atomic mass is 10.1. The van der Waals surface area contributed by atoms with Crippen molar-refractivity contribution in [3.63, 3.8) is 0 Å². The summed E-state index contributed by atoms with van der Waals surface area (Å²) in [6.45, 7) is 6.82. The molecule has 0 aliphatic carbocycles. The molecule has 22 heavy (non-hydrogen) atoms. The molecule has 0 radical (unpaired) electrons. The minimum atomic E-state index is -0.638. The fraction of sp³-hybridized carbons (Fsp3) is 0.533. The van der Waals surface area contributed by atoms with E-state index in [2.05, 4.69) is 4.98 Å². The normalized spacial score (nSPS) is 11.4. The maximum absolute atomic E-state index is 12.8. The first-order valence-electron chi connectivity index (χ1n) is 7.19. The number of hydrogen-bond acceptors (Lipinski definition) is 5. The summed E-state index contributed by atoms with van der Waals surface area (Å²) in [5.41, 5.74) is 0.259. The largest absolute Gasteiger partial charge is 0.462 e. The molecule has 0 fully saturated rings. The van der Waals surface area contributed by atoms with Gasteiger partial charge in [0.05, 0.1) is 18.5 Å². The first-order valence-corrected chi connectivity index (χ1v) is 8.00. The smallest absolute Gasteiger partial charge is 0.348 e. The Morgan fingerprint density at radius 3 is 2.68 bits per heavy atom. The second-order valence-corrected chi connectivity index (χ2v) is 6.23. The van der Waals surface area contributed by atoms with E-state index in [-0.39, 0.29) is 24.6 Å². The summed E-state index contributed by atoms with van der Waals surface area (Å²) >= 11 is 1.15. The summed E-state index contributed by atoms with van der Waals surface area (Å²) in [6.07, 6.45) is 0. The zero-order valence-electron chi connectivity index (χ0n) is 13.1. The maximum atomic E-state index is 12.8. The van der Waals surface area contributed by atoms with Crippen LogP contribution >= 0.6 is 11.3 Å². The number of fused-ring (bicyclic) bond motifs is 1. The van der Waals surface area contributed by atoms with Crippen LogP contribution < -0.4 is 5.56 Å². The van der Waals surface area contributed by atoms with Gasteiger partial charge in [0.25, 0.3) is 5.56 Å². The molecule has 0 amide bonds. The van der Waals surface area contributed by atoms with Gasteiger partial charge in [0.15, 0.2) is 0 Å². The number of rotatable bonds is 5. The molecule has 0 saturated heterocycles. The Labute approximate surface area is 131 Å². The van der Waals surface area contributed by atoms with E-state index in [9.17, 15) is 14.0 Å². The Bertz CT molecular complexity index is 764. The van der Waals surface area contributed by atoms with Crippen LogP contribution in [0.4, 0.5) is 4.39 Å². The van der Waals surface area contributed by atoms with E-state index in [0.29, 0.717) is 26.5 Å². The van der Waals surface area contributed by atoms with Crippen molar-refractivity contribution in [2.75, 3.05) is 13.3 Å². The highest BCUT2D eigenvalue weighted by Gasteiger charge is 2.22. The predicted octanol–water partition coefficient (Wildman–Crippen LogP) is 3.04. The monoisotopic (exact) mass is 326 g/mol. The number of hydrogen-bond donors (Lipinski definition) is 0. The zero-order valence-corrected chi connectivity index (χ0v) is 13.9. The standard InChI is InChI=1S/C15H19FN2O3S/c1-5-21-15(20)11-9(4)10-13(22-11)17-12(8(2)3)18(7-6-16)14(10)19/h8H,5-7H2,1-4H3. The third kappa shape index (κ3) is 2.77. The molecule has 0 atom stereocenters. The minimum absolute atomic E-state index is 0.0166. The number of carbonyl (C=O) groups excluding carboxylic acids is 1. The number of thiophene rings is 1. The molecule has 0 bridgehead atoms. The van der Waals surface area contributed by atoms with Crippen molar-refractivity contribution in [3.8, 4) is 0 Å². The molecule has 0 spiro atoms. The number of aromatic nitrogens is 2. The second kappa shape index (κ2) is 6.56. The molecule has 0 unspecified atom stereocenters. The van der Waals surface area contributed by atoms with E-state index in [1.807, 2.05) is 13.8 Å². The van der Waals surface area contributed by atoms with Gasteiger partial charge in [0, 0.05) is 5.92 Å². The Morgan fingerprint density at radius 2 is 2.14 bits per heavy atom. The van der Waals surface area contributed by atoms with Gasteiger partial charge in [-0.2, -0.15) is 0 Å². The summed E-state index contributed by atoms with van der Waals surface area (Å²) in [5.74, 6) is 0.0643. The number of nitrogens with zero attached hydrogens (tertiary/aromatic N) is 2. The molecule has 2 rings (SSSR count). The van der Waals surface area contributed by atoms with Crippen molar-refractivity contribution in [2.45, 2.75) is 40.2 Å². The minimum Gasteiger partial charge on any atom is -0.462 e. The van der Waals surface area contributed by atoms with Gasteiger partial charge < -0.3 is 4.74 Å². The van der Waals surface area contributed by atoms with Gasteiger partial charge in [-0.1, -0.05) is 13.8 Å². The predicted molar refractivity (Wildman–Crippen MR) is 84.6 cm³/mol. The first kappa shape index (κ1) is 16.6. The molecule has 2 aromatic rings. The molecule has 0 N–H and O–H groups in total. The summed E-state index contributed by atoms with van der Waals surface area (Å²) < 4.78 is 19.1. The number of esters is 1. The van der Waals surface area contributed by atoms with Crippen LogP contribution in [0.3, 0.4) is 0 Å². The highest BCUT2D eigenvalue weighted by molar-refractivity contribution is 7.20. The van der Waals surface area contributed by atoms with Gasteiger partial charge >= 0.3 is 5.97 Å². The average Bonchev–Trinajstić information content (AvgIpc) is 2.79. The van der Waals surface area contributed by atoms with Crippen molar-refractivity contribution in [1.82, 2.24) is 9.55 Å². The van der Waals surface area contributed by atoms with E-state index in [4.69, 9.17) is 4.74 Å². The number of ether oxygens (including phenoxy) is 1. The number of carbonyl (C=O) groups is 1. The van der Waals surface area contributed by atoms with Crippen molar-refractivity contribution < 1.29 is 13.9 Å². The molecular weight excluding hydrogens is 307 g/mol. The third-order valence-corrected chi connectivity index (χ3v) is 4.53. The molecule has 2 heterocycles. The number of halogens is 1. The number of alkyl halides is 1. The SMILES string of the molecule is CCOC(=O)c1sc2nc(C(C)C)n(CCF)c(=O)c2c1C. The maximum Gasteiger partial charge on any atom is 0.348 e. The van der Waals surface area contributed by atoms with Crippen LogP contribution in [0.15, 0.2) is 4.79 Å². The fourth-order valence-electron chi connectivity index (χ4n) is 2.36. The second-order valence-electron chi connectivity index (χ2n) is 5.23. The van der Waals surface area contributed by atoms with Crippen LogP contribution in [0.5, 0.6) is 0 Å². The Hall–Kier alpha value is -1.76. The van der Waals surface area contributed by atoms with Crippen LogP contribution in [0.2, 0.25) is 0 Å². The summed E-state index contributed by atoms with van der Waals surface area (Å²) in [6, 6.07) is 0. The van der Waals surface area contributed by atoms with E-state index in [0.717, 1.165) is 11.3 Å². The molecule has 0 aliphatic rings. The van der Waals surface area contributed by atoms with Crippen LogP contribution in [0.25, 0.3) is 10.2 Å². The van der Waals surface area contributed by atoms with Crippen molar-refractivity contribution in [2.24, 2.45) is 0 Å². The van der Waals surface area contributed by atoms with Crippen molar-refractivity contribution in [3.05, 3.63) is 26.6 Å².